The van der Waals surface area contributed by atoms with Crippen LogP contribution in [0.4, 0.5) is 10.3 Å². The van der Waals surface area contributed by atoms with Crippen LogP contribution in [0, 0.1) is 5.82 Å². The lowest BCUT2D eigenvalue weighted by molar-refractivity contribution is -0.146. The number of imidazole rings is 1. The van der Waals surface area contributed by atoms with E-state index >= 15 is 4.39 Å². The minimum atomic E-state index is -0.784. The second-order valence-corrected chi connectivity index (χ2v) is 8.57. The smallest absolute Gasteiger partial charge is 0.338 e. The Labute approximate surface area is 184 Å². The highest BCUT2D eigenvalue weighted by Gasteiger charge is 2.38. The van der Waals surface area contributed by atoms with E-state index in [-0.39, 0.29) is 16.7 Å². The van der Waals surface area contributed by atoms with Gasteiger partial charge in [0.25, 0.3) is 0 Å². The van der Waals surface area contributed by atoms with E-state index in [0.29, 0.717) is 17.2 Å². The number of hydrogen-bond donors (Lipinski definition) is 1. The van der Waals surface area contributed by atoms with Crippen LogP contribution in [0.25, 0.3) is 11.0 Å². The van der Waals surface area contributed by atoms with Gasteiger partial charge >= 0.3 is 5.97 Å². The van der Waals surface area contributed by atoms with Crippen molar-refractivity contribution in [1.82, 2.24) is 9.55 Å². The summed E-state index contributed by atoms with van der Waals surface area (Å²) in [6.45, 7) is 1.79. The second-order valence-electron chi connectivity index (χ2n) is 8.16. The van der Waals surface area contributed by atoms with Crippen LogP contribution in [0.15, 0.2) is 53.7 Å². The fourth-order valence-corrected chi connectivity index (χ4v) is 4.94. The summed E-state index contributed by atoms with van der Waals surface area (Å²) in [5.41, 5.74) is 2.72. The molecular weight excluding hydrogens is 417 g/mol. The molecule has 5 nitrogen and oxygen atoms in total. The first-order valence-corrected chi connectivity index (χ1v) is 11.0. The molecule has 1 atom stereocenters. The number of hydrogen-bond acceptors (Lipinski definition) is 4. The average Bonchev–Trinajstić information content (AvgIpc) is 3.12. The van der Waals surface area contributed by atoms with Crippen molar-refractivity contribution in [2.24, 2.45) is 0 Å². The highest BCUT2D eigenvalue weighted by molar-refractivity contribution is 6.31. The van der Waals surface area contributed by atoms with Crippen LogP contribution < -0.4 is 5.32 Å². The van der Waals surface area contributed by atoms with Crippen LogP contribution in [-0.2, 0) is 9.53 Å². The van der Waals surface area contributed by atoms with Gasteiger partial charge in [-0.15, -0.1) is 0 Å². The Bertz CT molecular complexity index is 1180. The van der Waals surface area contributed by atoms with E-state index in [1.807, 2.05) is 28.8 Å². The zero-order valence-corrected chi connectivity index (χ0v) is 18.0. The number of fused-ring (bicyclic) bond motifs is 3. The topological polar surface area (TPSA) is 56.2 Å². The van der Waals surface area contributed by atoms with E-state index < -0.39 is 17.8 Å². The fourth-order valence-electron chi connectivity index (χ4n) is 4.67. The Kier molecular flexibility index (Phi) is 5.18. The zero-order valence-electron chi connectivity index (χ0n) is 17.2. The summed E-state index contributed by atoms with van der Waals surface area (Å²) in [5.74, 6) is -0.374. The maximum atomic E-state index is 15.1. The van der Waals surface area contributed by atoms with Gasteiger partial charge < -0.3 is 10.1 Å². The van der Waals surface area contributed by atoms with Crippen molar-refractivity contribution in [3.8, 4) is 0 Å². The number of ether oxygens (including phenoxy) is 1. The van der Waals surface area contributed by atoms with Crippen LogP contribution in [0.3, 0.4) is 0 Å². The molecule has 7 heteroatoms. The molecule has 1 fully saturated rings. The molecule has 1 unspecified atom stereocenters. The fraction of sp³-hybridized carbons (Fsp3) is 0.333. The average molecular weight is 440 g/mol. The molecule has 2 aromatic carbocycles. The predicted molar refractivity (Wildman–Crippen MR) is 119 cm³/mol. The van der Waals surface area contributed by atoms with Gasteiger partial charge in [-0.05, 0) is 56.9 Å². The minimum absolute atomic E-state index is 0.112. The molecule has 31 heavy (non-hydrogen) atoms. The van der Waals surface area contributed by atoms with Crippen molar-refractivity contribution in [3.05, 3.63) is 70.1 Å². The van der Waals surface area contributed by atoms with Crippen molar-refractivity contribution in [1.29, 1.82) is 0 Å². The molecule has 0 radical (unpaired) electrons. The van der Waals surface area contributed by atoms with Gasteiger partial charge in [-0.1, -0.05) is 36.2 Å². The van der Waals surface area contributed by atoms with Gasteiger partial charge in [0.15, 0.2) is 0 Å². The molecule has 160 valence electrons. The number of carbonyl (C=O) groups is 1. The molecule has 2 aliphatic rings. The Morgan fingerprint density at radius 1 is 1.16 bits per heavy atom. The number of nitrogens with zero attached hydrogens (tertiary/aromatic N) is 2. The summed E-state index contributed by atoms with van der Waals surface area (Å²) in [4.78, 5) is 18.1. The summed E-state index contributed by atoms with van der Waals surface area (Å²) >= 11 is 6.49. The Hall–Kier alpha value is -2.86. The monoisotopic (exact) mass is 439 g/mol. The van der Waals surface area contributed by atoms with E-state index in [1.54, 1.807) is 19.1 Å². The van der Waals surface area contributed by atoms with Crippen molar-refractivity contribution in [2.45, 2.75) is 51.2 Å². The van der Waals surface area contributed by atoms with Crippen LogP contribution in [0.1, 0.15) is 50.6 Å². The molecule has 0 saturated heterocycles. The molecule has 2 heterocycles. The van der Waals surface area contributed by atoms with Gasteiger partial charge in [-0.3, -0.25) is 4.57 Å². The van der Waals surface area contributed by atoms with Crippen molar-refractivity contribution in [3.63, 3.8) is 0 Å². The molecule has 1 aliphatic heterocycles. The van der Waals surface area contributed by atoms with Gasteiger partial charge in [-0.25, -0.2) is 14.2 Å². The lowest BCUT2D eigenvalue weighted by Crippen LogP contribution is -2.32. The van der Waals surface area contributed by atoms with Gasteiger partial charge in [-0.2, -0.15) is 0 Å². The van der Waals surface area contributed by atoms with Crippen LogP contribution in [0.5, 0.6) is 0 Å². The van der Waals surface area contributed by atoms with Crippen LogP contribution in [0.2, 0.25) is 5.02 Å². The summed E-state index contributed by atoms with van der Waals surface area (Å²) in [6.07, 6.45) is 4.86. The molecule has 1 aliphatic carbocycles. The van der Waals surface area contributed by atoms with Gasteiger partial charge in [0.1, 0.15) is 18.0 Å². The lowest BCUT2D eigenvalue weighted by atomic mass is 9.93. The number of rotatable bonds is 3. The molecule has 1 saturated carbocycles. The Morgan fingerprint density at radius 2 is 1.94 bits per heavy atom. The van der Waals surface area contributed by atoms with E-state index in [0.717, 1.165) is 43.1 Å². The lowest BCUT2D eigenvalue weighted by Gasteiger charge is -2.32. The summed E-state index contributed by atoms with van der Waals surface area (Å²) in [7, 11) is 0. The minimum Gasteiger partial charge on any atom is -0.459 e. The van der Waals surface area contributed by atoms with E-state index in [4.69, 9.17) is 16.3 Å². The zero-order chi connectivity index (χ0) is 21.5. The van der Waals surface area contributed by atoms with Crippen molar-refractivity contribution in [2.75, 3.05) is 5.32 Å². The van der Waals surface area contributed by atoms with E-state index in [1.165, 1.54) is 6.07 Å². The van der Waals surface area contributed by atoms with Gasteiger partial charge in [0.2, 0.25) is 5.95 Å². The normalized spacial score (nSPS) is 19.3. The standard InChI is InChI=1S/C24H23ClFN3O2/c1-14-20(23(30)31-15-8-3-2-4-9-15)22(21-16(25)10-7-11-17(21)26)29-19-13-6-5-12-18(19)28-24(29)27-14/h5-7,10-13,15,22H,2-4,8-9H2,1H3,(H,27,28). The number of esters is 1. The maximum absolute atomic E-state index is 15.1. The highest BCUT2D eigenvalue weighted by atomic mass is 35.5. The number of para-hydroxylation sites is 2. The second kappa shape index (κ2) is 8.00. The molecule has 0 spiro atoms. The first-order chi connectivity index (χ1) is 15.0. The first-order valence-electron chi connectivity index (χ1n) is 10.6. The Morgan fingerprint density at radius 3 is 2.71 bits per heavy atom. The van der Waals surface area contributed by atoms with E-state index in [2.05, 4.69) is 10.3 Å². The molecule has 3 aromatic rings. The third kappa shape index (κ3) is 3.49. The maximum Gasteiger partial charge on any atom is 0.338 e. The van der Waals surface area contributed by atoms with Gasteiger partial charge in [0.05, 0.1) is 16.6 Å². The van der Waals surface area contributed by atoms with Crippen molar-refractivity contribution >= 4 is 34.6 Å². The largest absolute Gasteiger partial charge is 0.459 e. The van der Waals surface area contributed by atoms with E-state index in [9.17, 15) is 4.79 Å². The number of benzene rings is 2. The molecular formula is C24H23ClFN3O2. The summed E-state index contributed by atoms with van der Waals surface area (Å²) in [6, 6.07) is 11.4. The number of nitrogens with one attached hydrogen (secondary N) is 1. The summed E-state index contributed by atoms with van der Waals surface area (Å²) < 4.78 is 22.9. The SMILES string of the molecule is CC1=C(C(=O)OC2CCCCC2)C(c2c(F)cccc2Cl)n2c(nc3ccccc32)N1. The number of allylic oxidation sites excluding steroid dienone is 1. The Balaban J connectivity index is 1.67. The first kappa shape index (κ1) is 20.1. The number of aromatic nitrogens is 2. The molecule has 0 amide bonds. The summed E-state index contributed by atoms with van der Waals surface area (Å²) in [5, 5.41) is 3.48. The molecule has 1 aromatic heterocycles. The number of carbonyl (C=O) groups excluding carboxylic acids is 1. The van der Waals surface area contributed by atoms with Gasteiger partial charge in [0, 0.05) is 16.3 Å². The van der Waals surface area contributed by atoms with Crippen LogP contribution >= 0.6 is 11.6 Å². The number of halogens is 2. The predicted octanol–water partition coefficient (Wildman–Crippen LogP) is 5.99. The van der Waals surface area contributed by atoms with Crippen molar-refractivity contribution < 1.29 is 13.9 Å². The molecule has 0 bridgehead atoms. The van der Waals surface area contributed by atoms with Crippen LogP contribution in [-0.4, -0.2) is 21.6 Å². The number of anilines is 1. The quantitative estimate of drug-likeness (QED) is 0.509. The molecule has 1 N–H and O–H groups in total. The highest BCUT2D eigenvalue weighted by Crippen LogP contribution is 2.43. The molecule has 5 rings (SSSR count). The third-order valence-electron chi connectivity index (χ3n) is 6.15. The third-order valence-corrected chi connectivity index (χ3v) is 6.48.